The number of sulfonamides is 2. The third-order valence-electron chi connectivity index (χ3n) is 7.69. The predicted molar refractivity (Wildman–Crippen MR) is 197 cm³/mol. The van der Waals surface area contributed by atoms with Crippen LogP contribution in [0.15, 0.2) is 132 Å². The molecule has 55 heavy (non-hydrogen) atoms. The summed E-state index contributed by atoms with van der Waals surface area (Å²) in [6.07, 6.45) is 0. The van der Waals surface area contributed by atoms with E-state index in [1.165, 1.54) is 12.1 Å². The van der Waals surface area contributed by atoms with E-state index in [2.05, 4.69) is 20.5 Å². The molecule has 1 heterocycles. The minimum Gasteiger partial charge on any atom is -0.506 e. The van der Waals surface area contributed by atoms with Gasteiger partial charge >= 0.3 is 0 Å². The van der Waals surface area contributed by atoms with E-state index in [4.69, 9.17) is 15.0 Å². The third-order valence-corrected chi connectivity index (χ3v) is 10.9. The Labute approximate surface area is 323 Å². The van der Waals surface area contributed by atoms with Gasteiger partial charge in [0.2, 0.25) is 29.9 Å². The topological polar surface area (TPSA) is 331 Å². The molecular formula is C33H30CoN7O11S3+. The van der Waals surface area contributed by atoms with Gasteiger partial charge in [0, 0.05) is 32.9 Å². The first-order valence-corrected chi connectivity index (χ1v) is 19.6. The molecule has 1 aliphatic rings. The van der Waals surface area contributed by atoms with Crippen molar-refractivity contribution in [3.8, 4) is 28.7 Å². The summed E-state index contributed by atoms with van der Waals surface area (Å²) >= 11 is 0. The van der Waals surface area contributed by atoms with Crippen LogP contribution in [0.25, 0.3) is 21.5 Å². The number of sulfone groups is 1. The predicted octanol–water partition coefficient (Wildman–Crippen LogP) is 6.12. The number of hydrogen-bond acceptors (Lipinski definition) is 15. The van der Waals surface area contributed by atoms with E-state index in [0.29, 0.717) is 16.2 Å². The van der Waals surface area contributed by atoms with Gasteiger partial charge < -0.3 is 31.3 Å². The summed E-state index contributed by atoms with van der Waals surface area (Å²) in [6, 6.07) is 23.5. The second kappa shape index (κ2) is 15.9. The number of hydrogen-bond donors (Lipinski definition) is 7. The number of ether oxygens (including phenoxy) is 1. The van der Waals surface area contributed by atoms with E-state index in [1.807, 2.05) is 12.1 Å². The van der Waals surface area contributed by atoms with Crippen molar-refractivity contribution >= 4 is 74.2 Å². The van der Waals surface area contributed by atoms with Gasteiger partial charge in [0.1, 0.15) is 45.0 Å². The fourth-order valence-electron chi connectivity index (χ4n) is 5.15. The number of rotatable bonds is 6. The Balaban J connectivity index is 0.000000240. The van der Waals surface area contributed by atoms with E-state index < -0.39 is 47.3 Å². The zero-order valence-corrected chi connectivity index (χ0v) is 31.6. The summed E-state index contributed by atoms with van der Waals surface area (Å²) in [4.78, 5) is -0.857. The largest absolute Gasteiger partial charge is 0.506 e. The molecule has 0 atom stereocenters. The second-order valence-corrected chi connectivity index (χ2v) is 16.2. The normalized spacial score (nSPS) is 13.4. The molecule has 0 unspecified atom stereocenters. The van der Waals surface area contributed by atoms with Gasteiger partial charge in [0.05, 0.1) is 9.79 Å². The maximum Gasteiger partial charge on any atom is 0.238 e. The average Bonchev–Trinajstić information content (AvgIpc) is 3.43. The monoisotopic (exact) mass is 855 g/mol. The van der Waals surface area contributed by atoms with Crippen molar-refractivity contribution in [2.45, 2.75) is 14.7 Å². The van der Waals surface area contributed by atoms with E-state index >= 15 is 0 Å². The van der Waals surface area contributed by atoms with Crippen molar-refractivity contribution < 1.29 is 67.2 Å². The number of fused-ring (bicyclic) bond motifs is 4. The molecule has 22 heteroatoms. The Kier molecular flexibility index (Phi) is 12.2. The fourth-order valence-corrected chi connectivity index (χ4v) is 7.49. The van der Waals surface area contributed by atoms with Gasteiger partial charge in [-0.05, 0) is 47.9 Å². The molecule has 0 amide bonds. The first-order chi connectivity index (χ1) is 25.0. The summed E-state index contributed by atoms with van der Waals surface area (Å²) in [7, 11) is -11.9. The first-order valence-electron chi connectivity index (χ1n) is 14.8. The molecule has 18 nitrogen and oxygen atoms in total. The average molecular weight is 856 g/mol. The molecule has 0 bridgehead atoms. The fraction of sp³-hybridized carbons (Fsp3) is 0.0303. The Morgan fingerprint density at radius 3 is 1.62 bits per heavy atom. The number of nitrogens with two attached hydrogens (primary N) is 2. The van der Waals surface area contributed by atoms with Gasteiger partial charge in [-0.15, -0.1) is 20.5 Å². The van der Waals surface area contributed by atoms with Gasteiger partial charge in [0.25, 0.3) is 0 Å². The van der Waals surface area contributed by atoms with Crippen LogP contribution < -0.4 is 21.2 Å². The molecule has 6 aromatic carbocycles. The smallest absolute Gasteiger partial charge is 0.238 e. The molecule has 1 radical (unpaired) electrons. The number of aromatic hydroxyl groups is 4. The summed E-state index contributed by atoms with van der Waals surface area (Å²) in [5.74, 6) is -1.79. The molecule has 12 N–H and O–H groups in total. The Hall–Kier alpha value is -5.72. The van der Waals surface area contributed by atoms with Gasteiger partial charge in [-0.25, -0.2) is 35.5 Å². The molecule has 1 aliphatic heterocycles. The molecule has 0 aliphatic carbocycles. The number of primary sulfonamides is 2. The molecule has 0 aromatic heterocycles. The van der Waals surface area contributed by atoms with Crippen LogP contribution in [0, 0.1) is 0 Å². The van der Waals surface area contributed by atoms with Gasteiger partial charge in [-0.2, -0.15) is 0 Å². The Bertz CT molecular complexity index is 2880. The molecular weight excluding hydrogens is 826 g/mol. The summed E-state index contributed by atoms with van der Waals surface area (Å²) in [5.41, 5.74) is -0.520. The van der Waals surface area contributed by atoms with Crippen molar-refractivity contribution in [3.05, 3.63) is 97.1 Å². The summed E-state index contributed by atoms with van der Waals surface area (Å²) < 4.78 is 76.0. The minimum absolute atomic E-state index is 0. The van der Waals surface area contributed by atoms with Crippen LogP contribution in [-0.4, -0.2) is 51.6 Å². The molecule has 289 valence electrons. The zero-order chi connectivity index (χ0) is 38.3. The number of benzene rings is 6. The van der Waals surface area contributed by atoms with Crippen molar-refractivity contribution in [1.82, 2.24) is 6.15 Å². The second-order valence-electron chi connectivity index (χ2n) is 11.2. The van der Waals surface area contributed by atoms with Crippen LogP contribution in [0.1, 0.15) is 0 Å². The zero-order valence-electron chi connectivity index (χ0n) is 28.1. The van der Waals surface area contributed by atoms with Gasteiger partial charge in [-0.1, -0.05) is 54.6 Å². The van der Waals surface area contributed by atoms with Crippen molar-refractivity contribution in [1.29, 1.82) is 0 Å². The molecule has 0 fully saturated rings. The van der Waals surface area contributed by atoms with Crippen LogP contribution >= 0.6 is 0 Å². The summed E-state index contributed by atoms with van der Waals surface area (Å²) in [5, 5.41) is 68.0. The van der Waals surface area contributed by atoms with Gasteiger partial charge in [0.15, 0.2) is 17.4 Å². The molecule has 6 aromatic rings. The van der Waals surface area contributed by atoms with Crippen LogP contribution in [0.2, 0.25) is 0 Å². The third kappa shape index (κ3) is 8.66. The maximum atomic E-state index is 12.5. The molecule has 0 saturated carbocycles. The van der Waals surface area contributed by atoms with Crippen LogP contribution in [0.4, 0.5) is 22.7 Å². The van der Waals surface area contributed by atoms with Crippen LogP contribution in [0.3, 0.4) is 0 Å². The van der Waals surface area contributed by atoms with E-state index in [0.717, 1.165) is 35.7 Å². The molecule has 7 rings (SSSR count). The standard InChI is InChI=1S/C17H13N3O7S2.C16H13N3O4S.Co.H3N/c18-29(25,26)9-5-6-13(21)12(7-9)19-20-14-15(22)10-3-1-2-4-11(10)16-17(14)28(23,24)8-27-16;17-24(22,23)11-6-8-14(20)13(9-11)18-19-16-12-4-2-1-3-10(12)5-7-15(16)21;;/h1-7,21-22H,8H2,(H2,18,25,26);1-9,20-21H,(H2,17,22,23);;1H3/p+1. The first kappa shape index (κ1) is 42.0. The number of quaternary nitrogens is 1. The van der Waals surface area contributed by atoms with Crippen molar-refractivity contribution in [3.63, 3.8) is 0 Å². The van der Waals surface area contributed by atoms with E-state index in [-0.39, 0.29) is 77.6 Å². The SMILES string of the molecule is NS(=O)(=O)c1ccc(O)c(N=Nc2c(O)ccc3ccccc23)c1.NS(=O)(=O)c1ccc(O)c(N=Nc2c3c(c4ccccc4c2O)OCS3(=O)=O)c1.[Co].[NH4+]. The molecule has 0 spiro atoms. The quantitative estimate of drug-likeness (QED) is 0.0935. The Morgan fingerprint density at radius 2 is 1.07 bits per heavy atom. The van der Waals surface area contributed by atoms with Crippen molar-refractivity contribution in [2.75, 3.05) is 5.94 Å². The number of azo groups is 2. The van der Waals surface area contributed by atoms with E-state index in [9.17, 15) is 45.7 Å². The number of phenolic OH excluding ortho intramolecular Hbond substituents is 4. The Morgan fingerprint density at radius 1 is 0.600 bits per heavy atom. The number of nitrogens with zero attached hydrogens (tertiary/aromatic N) is 4. The minimum atomic E-state index is -4.07. The van der Waals surface area contributed by atoms with Crippen molar-refractivity contribution in [2.24, 2.45) is 30.7 Å². The van der Waals surface area contributed by atoms with Crippen LogP contribution in [0.5, 0.6) is 28.7 Å². The molecule has 0 saturated heterocycles. The van der Waals surface area contributed by atoms with Gasteiger partial charge in [-0.3, -0.25) is 0 Å². The maximum absolute atomic E-state index is 12.5. The number of phenols is 4. The van der Waals surface area contributed by atoms with Crippen LogP contribution in [-0.2, 0) is 46.7 Å². The summed E-state index contributed by atoms with van der Waals surface area (Å²) in [6.45, 7) is 0. The van der Waals surface area contributed by atoms with E-state index in [1.54, 1.807) is 42.5 Å².